The van der Waals surface area contributed by atoms with Crippen molar-refractivity contribution in [1.29, 1.82) is 0 Å². The quantitative estimate of drug-likeness (QED) is 0.667. The Morgan fingerprint density at radius 1 is 1.57 bits per heavy atom. The molecule has 1 fully saturated rings. The Hall–Kier alpha value is -0.540. The zero-order chi connectivity index (χ0) is 10.4. The molecular formula is C10H15ClO3. The summed E-state index contributed by atoms with van der Waals surface area (Å²) in [6, 6.07) is 0. The van der Waals surface area contributed by atoms with Gasteiger partial charge in [0.25, 0.3) is 0 Å². The molecule has 0 bridgehead atoms. The van der Waals surface area contributed by atoms with E-state index in [1.807, 2.05) is 0 Å². The summed E-state index contributed by atoms with van der Waals surface area (Å²) in [7, 11) is 0. The van der Waals surface area contributed by atoms with Gasteiger partial charge in [0, 0.05) is 19.1 Å². The molecule has 0 amide bonds. The number of hydrogen-bond acceptors (Lipinski definition) is 3. The third-order valence-electron chi connectivity index (χ3n) is 2.14. The largest absolute Gasteiger partial charge is 0.459 e. The van der Waals surface area contributed by atoms with Crippen LogP contribution in [0.2, 0.25) is 0 Å². The minimum absolute atomic E-state index is 0.190. The molecule has 14 heavy (non-hydrogen) atoms. The summed E-state index contributed by atoms with van der Waals surface area (Å²) < 4.78 is 10.7. The lowest BCUT2D eigenvalue weighted by molar-refractivity contribution is -0.151. The maximum Gasteiger partial charge on any atom is 0.303 e. The summed E-state index contributed by atoms with van der Waals surface area (Å²) in [6.07, 6.45) is 4.20. The van der Waals surface area contributed by atoms with Crippen LogP contribution in [-0.4, -0.2) is 24.8 Å². The fourth-order valence-corrected chi connectivity index (χ4v) is 1.67. The maximum atomic E-state index is 10.8. The number of rotatable bonds is 2. The fraction of sp³-hybridized carbons (Fsp3) is 0.700. The predicted octanol–water partition coefficient (Wildman–Crippen LogP) is 2.24. The van der Waals surface area contributed by atoms with Crippen molar-refractivity contribution in [1.82, 2.24) is 0 Å². The van der Waals surface area contributed by atoms with E-state index in [1.54, 1.807) is 6.08 Å². The van der Waals surface area contributed by atoms with Gasteiger partial charge in [0.15, 0.2) is 0 Å². The van der Waals surface area contributed by atoms with E-state index < -0.39 is 0 Å². The van der Waals surface area contributed by atoms with Crippen LogP contribution in [-0.2, 0) is 14.3 Å². The Morgan fingerprint density at radius 3 is 3.00 bits per heavy atom. The second-order valence-corrected chi connectivity index (χ2v) is 3.55. The third-order valence-corrected chi connectivity index (χ3v) is 2.28. The molecule has 0 N–H and O–H groups in total. The molecule has 0 aliphatic carbocycles. The van der Waals surface area contributed by atoms with Crippen LogP contribution in [0.25, 0.3) is 0 Å². The zero-order valence-corrected chi connectivity index (χ0v) is 9.00. The number of halogens is 1. The zero-order valence-electron chi connectivity index (χ0n) is 8.24. The van der Waals surface area contributed by atoms with Gasteiger partial charge in [-0.1, -0.05) is 11.6 Å². The highest BCUT2D eigenvalue weighted by atomic mass is 35.5. The maximum absolute atomic E-state index is 10.8. The molecule has 0 unspecified atom stereocenters. The molecule has 1 heterocycles. The molecular weight excluding hydrogens is 204 g/mol. The topological polar surface area (TPSA) is 35.5 Å². The van der Waals surface area contributed by atoms with Crippen molar-refractivity contribution in [3.8, 4) is 0 Å². The van der Waals surface area contributed by atoms with Gasteiger partial charge in [-0.15, -0.1) is 0 Å². The monoisotopic (exact) mass is 218 g/mol. The van der Waals surface area contributed by atoms with Gasteiger partial charge < -0.3 is 9.47 Å². The normalized spacial score (nSPS) is 28.7. The van der Waals surface area contributed by atoms with Crippen molar-refractivity contribution in [2.45, 2.75) is 38.4 Å². The highest BCUT2D eigenvalue weighted by molar-refractivity contribution is 6.25. The molecule has 3 nitrogen and oxygen atoms in total. The number of esters is 1. The van der Waals surface area contributed by atoms with Gasteiger partial charge in [0.05, 0.1) is 0 Å². The van der Waals surface area contributed by atoms with E-state index in [-0.39, 0.29) is 18.2 Å². The van der Waals surface area contributed by atoms with E-state index in [0.29, 0.717) is 6.61 Å². The van der Waals surface area contributed by atoms with Gasteiger partial charge in [-0.25, -0.2) is 0 Å². The molecule has 2 atom stereocenters. The summed E-state index contributed by atoms with van der Waals surface area (Å²) in [5.41, 5.74) is 1.41. The summed E-state index contributed by atoms with van der Waals surface area (Å²) in [5, 5.41) is 0. The van der Waals surface area contributed by atoms with Crippen molar-refractivity contribution in [3.05, 3.63) is 11.6 Å². The lowest BCUT2D eigenvalue weighted by Crippen LogP contribution is -2.30. The minimum atomic E-state index is -0.270. The molecule has 0 saturated carbocycles. The number of hydrogen-bond donors (Lipinski definition) is 0. The Kier molecular flexibility index (Phi) is 4.98. The molecule has 0 aromatic heterocycles. The molecule has 80 valence electrons. The summed E-state index contributed by atoms with van der Waals surface area (Å²) in [4.78, 5) is 10.8. The first kappa shape index (κ1) is 11.5. The Balaban J connectivity index is 2.58. The Morgan fingerprint density at radius 2 is 2.36 bits per heavy atom. The van der Waals surface area contributed by atoms with Crippen LogP contribution < -0.4 is 0 Å². The van der Waals surface area contributed by atoms with Crippen molar-refractivity contribution < 1.29 is 14.3 Å². The molecule has 1 saturated heterocycles. The molecule has 0 spiro atoms. The minimum Gasteiger partial charge on any atom is -0.459 e. The second kappa shape index (κ2) is 6.04. The molecule has 1 aliphatic rings. The Labute approximate surface area is 89.0 Å². The summed E-state index contributed by atoms with van der Waals surface area (Å²) in [5.74, 6) is -0.270. The number of carbonyl (C=O) groups is 1. The van der Waals surface area contributed by atoms with E-state index in [4.69, 9.17) is 21.1 Å². The lowest BCUT2D eigenvalue weighted by atomic mass is 10.1. The van der Waals surface area contributed by atoms with Crippen LogP contribution in [0.4, 0.5) is 0 Å². The van der Waals surface area contributed by atoms with Gasteiger partial charge in [-0.05, 0) is 25.3 Å². The first-order valence-corrected chi connectivity index (χ1v) is 5.23. The van der Waals surface area contributed by atoms with Gasteiger partial charge in [0.1, 0.15) is 12.2 Å². The number of ether oxygens (including phenoxy) is 2. The van der Waals surface area contributed by atoms with Crippen LogP contribution in [0.5, 0.6) is 0 Å². The van der Waals surface area contributed by atoms with Crippen molar-refractivity contribution in [3.63, 3.8) is 0 Å². The first-order valence-electron chi connectivity index (χ1n) is 4.79. The van der Waals surface area contributed by atoms with Crippen molar-refractivity contribution in [2.75, 3.05) is 6.61 Å². The fourth-order valence-electron chi connectivity index (χ4n) is 1.53. The lowest BCUT2D eigenvalue weighted by Gasteiger charge is -2.21. The smallest absolute Gasteiger partial charge is 0.303 e. The predicted molar refractivity (Wildman–Crippen MR) is 54.1 cm³/mol. The van der Waals surface area contributed by atoms with Crippen LogP contribution >= 0.6 is 11.6 Å². The SMILES string of the molecule is CC(=O)O[C@H]1CCCCO[C@H]1/C=C/Cl. The summed E-state index contributed by atoms with van der Waals surface area (Å²) >= 11 is 5.49. The average molecular weight is 219 g/mol. The van der Waals surface area contributed by atoms with E-state index >= 15 is 0 Å². The van der Waals surface area contributed by atoms with Crippen LogP contribution in [0.15, 0.2) is 11.6 Å². The molecule has 4 heteroatoms. The second-order valence-electron chi connectivity index (χ2n) is 3.30. The van der Waals surface area contributed by atoms with Crippen molar-refractivity contribution >= 4 is 17.6 Å². The van der Waals surface area contributed by atoms with Crippen molar-refractivity contribution in [2.24, 2.45) is 0 Å². The first-order chi connectivity index (χ1) is 6.74. The van der Waals surface area contributed by atoms with Crippen LogP contribution in [0, 0.1) is 0 Å². The molecule has 0 aromatic carbocycles. The number of carbonyl (C=O) groups excluding carboxylic acids is 1. The highest BCUT2D eigenvalue weighted by Crippen LogP contribution is 2.18. The molecule has 0 radical (unpaired) electrons. The van der Waals surface area contributed by atoms with E-state index in [2.05, 4.69) is 0 Å². The highest BCUT2D eigenvalue weighted by Gasteiger charge is 2.24. The molecule has 1 aliphatic heterocycles. The molecule has 1 rings (SSSR count). The van der Waals surface area contributed by atoms with E-state index in [0.717, 1.165) is 19.3 Å². The van der Waals surface area contributed by atoms with E-state index in [9.17, 15) is 4.79 Å². The van der Waals surface area contributed by atoms with Gasteiger partial charge in [-0.3, -0.25) is 4.79 Å². The Bertz CT molecular complexity index is 215. The van der Waals surface area contributed by atoms with Crippen LogP contribution in [0.1, 0.15) is 26.2 Å². The standard InChI is InChI=1S/C10H15ClO3/c1-8(12)14-10-4-2-3-7-13-9(10)5-6-11/h5-6,9-10H,2-4,7H2,1H3/b6-5+/t9-,10-/m0/s1. The van der Waals surface area contributed by atoms with Gasteiger partial charge in [-0.2, -0.15) is 0 Å². The van der Waals surface area contributed by atoms with Gasteiger partial charge >= 0.3 is 5.97 Å². The van der Waals surface area contributed by atoms with Crippen LogP contribution in [0.3, 0.4) is 0 Å². The van der Waals surface area contributed by atoms with Gasteiger partial charge in [0.2, 0.25) is 0 Å². The van der Waals surface area contributed by atoms with E-state index in [1.165, 1.54) is 12.5 Å². The summed E-state index contributed by atoms with van der Waals surface area (Å²) in [6.45, 7) is 2.11. The third kappa shape index (κ3) is 3.68. The average Bonchev–Trinajstić information content (AvgIpc) is 2.32. The molecule has 0 aromatic rings.